The summed E-state index contributed by atoms with van der Waals surface area (Å²) >= 11 is 0. The Morgan fingerprint density at radius 1 is 0.879 bits per heavy atom. The highest BCUT2D eigenvalue weighted by atomic mass is 16.5. The van der Waals surface area contributed by atoms with E-state index in [1.165, 1.54) is 7.11 Å². The zero-order valence-corrected chi connectivity index (χ0v) is 18.3. The maximum absolute atomic E-state index is 13.0. The van der Waals surface area contributed by atoms with Crippen molar-refractivity contribution in [2.24, 2.45) is 0 Å². The Morgan fingerprint density at radius 2 is 1.55 bits per heavy atom. The van der Waals surface area contributed by atoms with E-state index >= 15 is 0 Å². The maximum Gasteiger partial charge on any atom is 0.338 e. The second-order valence-corrected chi connectivity index (χ2v) is 6.88. The predicted molar refractivity (Wildman–Crippen MR) is 126 cm³/mol. The van der Waals surface area contributed by atoms with E-state index in [1.54, 1.807) is 61.5 Å². The van der Waals surface area contributed by atoms with Gasteiger partial charge in [-0.05, 0) is 55.0 Å². The fraction of sp³-hybridized carbons (Fsp3) is 0.115. The molecular formula is C26H24N2O5. The van der Waals surface area contributed by atoms with Crippen LogP contribution in [0.2, 0.25) is 0 Å². The van der Waals surface area contributed by atoms with Crippen LogP contribution < -0.4 is 15.4 Å². The van der Waals surface area contributed by atoms with Crippen molar-refractivity contribution < 1.29 is 23.9 Å². The molecule has 0 fully saturated rings. The minimum absolute atomic E-state index is 0.0478. The molecule has 2 amide bonds. The fourth-order valence-electron chi connectivity index (χ4n) is 3.00. The number of para-hydroxylation sites is 1. The summed E-state index contributed by atoms with van der Waals surface area (Å²) < 4.78 is 10.2. The molecule has 3 rings (SSSR count). The molecule has 0 saturated carbocycles. The van der Waals surface area contributed by atoms with Crippen LogP contribution in [0.4, 0.5) is 5.69 Å². The predicted octanol–water partition coefficient (Wildman–Crippen LogP) is 4.28. The van der Waals surface area contributed by atoms with E-state index in [-0.39, 0.29) is 12.3 Å². The van der Waals surface area contributed by atoms with Crippen molar-refractivity contribution in [3.05, 3.63) is 101 Å². The Bertz CT molecular complexity index is 1150. The number of amides is 2. The molecule has 0 atom stereocenters. The lowest BCUT2D eigenvalue weighted by Gasteiger charge is -2.13. The summed E-state index contributed by atoms with van der Waals surface area (Å²) in [7, 11) is 1.47. The lowest BCUT2D eigenvalue weighted by molar-refractivity contribution is -0.113. The van der Waals surface area contributed by atoms with Crippen molar-refractivity contribution in [3.8, 4) is 5.75 Å². The maximum atomic E-state index is 13.0. The standard InChI is InChI=1S/C26H24N2O5/c1-3-33-26(31)19-13-15-20(16-14-19)27-25(30)22(17-18-9-5-4-6-10-18)28-24(29)21-11-7-8-12-23(21)32-2/h4-17H,3H2,1-2H3,(H,27,30)(H,28,29)/b22-17+. The van der Waals surface area contributed by atoms with E-state index in [1.807, 2.05) is 30.3 Å². The van der Waals surface area contributed by atoms with Gasteiger partial charge in [-0.15, -0.1) is 0 Å². The fourth-order valence-corrected chi connectivity index (χ4v) is 3.00. The number of nitrogens with one attached hydrogen (secondary N) is 2. The van der Waals surface area contributed by atoms with Crippen LogP contribution in [0.15, 0.2) is 84.6 Å². The summed E-state index contributed by atoms with van der Waals surface area (Å²) in [5.74, 6) is -1.05. The molecule has 0 unspecified atom stereocenters. The van der Waals surface area contributed by atoms with Crippen molar-refractivity contribution in [1.29, 1.82) is 0 Å². The molecule has 0 aliphatic carbocycles. The molecule has 3 aromatic rings. The molecule has 0 spiro atoms. The zero-order valence-electron chi connectivity index (χ0n) is 18.3. The van der Waals surface area contributed by atoms with Gasteiger partial charge in [0.25, 0.3) is 11.8 Å². The van der Waals surface area contributed by atoms with Gasteiger partial charge in [-0.25, -0.2) is 4.79 Å². The highest BCUT2D eigenvalue weighted by molar-refractivity contribution is 6.11. The largest absolute Gasteiger partial charge is 0.496 e. The van der Waals surface area contributed by atoms with Crippen molar-refractivity contribution in [1.82, 2.24) is 5.32 Å². The molecule has 3 aromatic carbocycles. The summed E-state index contributed by atoms with van der Waals surface area (Å²) in [5.41, 5.74) is 1.91. The van der Waals surface area contributed by atoms with Gasteiger partial charge in [-0.1, -0.05) is 42.5 Å². The highest BCUT2D eigenvalue weighted by Crippen LogP contribution is 2.18. The Labute approximate surface area is 192 Å². The number of esters is 1. The average Bonchev–Trinajstić information content (AvgIpc) is 2.84. The molecule has 0 saturated heterocycles. The van der Waals surface area contributed by atoms with Crippen LogP contribution in [0, 0.1) is 0 Å². The van der Waals surface area contributed by atoms with Crippen LogP contribution in [-0.2, 0) is 9.53 Å². The molecular weight excluding hydrogens is 420 g/mol. The third kappa shape index (κ3) is 6.30. The first-order chi connectivity index (χ1) is 16.0. The van der Waals surface area contributed by atoms with Crippen molar-refractivity contribution in [3.63, 3.8) is 0 Å². The molecule has 0 aromatic heterocycles. The third-order valence-corrected chi connectivity index (χ3v) is 4.61. The highest BCUT2D eigenvalue weighted by Gasteiger charge is 2.18. The van der Waals surface area contributed by atoms with E-state index in [0.717, 1.165) is 5.56 Å². The van der Waals surface area contributed by atoms with Gasteiger partial charge in [0.1, 0.15) is 11.4 Å². The first kappa shape index (κ1) is 23.3. The zero-order chi connectivity index (χ0) is 23.6. The third-order valence-electron chi connectivity index (χ3n) is 4.61. The summed E-state index contributed by atoms with van der Waals surface area (Å²) in [6, 6.07) is 22.2. The van der Waals surface area contributed by atoms with E-state index in [0.29, 0.717) is 22.6 Å². The van der Waals surface area contributed by atoms with Gasteiger partial charge in [0, 0.05) is 5.69 Å². The SMILES string of the molecule is CCOC(=O)c1ccc(NC(=O)/C(=C\c2ccccc2)NC(=O)c2ccccc2OC)cc1. The topological polar surface area (TPSA) is 93.7 Å². The van der Waals surface area contributed by atoms with Gasteiger partial charge >= 0.3 is 5.97 Å². The van der Waals surface area contributed by atoms with Crippen molar-refractivity contribution in [2.75, 3.05) is 19.0 Å². The lowest BCUT2D eigenvalue weighted by atomic mass is 10.1. The quantitative estimate of drug-likeness (QED) is 0.400. The van der Waals surface area contributed by atoms with Crippen LogP contribution in [0.25, 0.3) is 6.08 Å². The van der Waals surface area contributed by atoms with E-state index in [2.05, 4.69) is 10.6 Å². The average molecular weight is 444 g/mol. The van der Waals surface area contributed by atoms with E-state index in [4.69, 9.17) is 9.47 Å². The first-order valence-corrected chi connectivity index (χ1v) is 10.3. The van der Waals surface area contributed by atoms with Gasteiger partial charge in [0.15, 0.2) is 0 Å². The van der Waals surface area contributed by atoms with Crippen LogP contribution >= 0.6 is 0 Å². The molecule has 33 heavy (non-hydrogen) atoms. The molecule has 7 nitrogen and oxygen atoms in total. The molecule has 7 heteroatoms. The second-order valence-electron chi connectivity index (χ2n) is 6.88. The number of rotatable bonds is 8. The Balaban J connectivity index is 1.83. The number of anilines is 1. The number of methoxy groups -OCH3 is 1. The number of hydrogen-bond acceptors (Lipinski definition) is 5. The van der Waals surface area contributed by atoms with Crippen LogP contribution in [0.3, 0.4) is 0 Å². The van der Waals surface area contributed by atoms with Gasteiger partial charge in [-0.3, -0.25) is 9.59 Å². The van der Waals surface area contributed by atoms with Gasteiger partial charge in [0.05, 0.1) is 24.8 Å². The van der Waals surface area contributed by atoms with E-state index in [9.17, 15) is 14.4 Å². The van der Waals surface area contributed by atoms with Gasteiger partial charge in [0.2, 0.25) is 0 Å². The second kappa shape index (κ2) is 11.3. The van der Waals surface area contributed by atoms with Crippen molar-refractivity contribution in [2.45, 2.75) is 6.92 Å². The minimum atomic E-state index is -0.522. The van der Waals surface area contributed by atoms with Gasteiger partial charge < -0.3 is 20.1 Å². The Kier molecular flexibility index (Phi) is 7.96. The Hall–Kier alpha value is -4.39. The summed E-state index contributed by atoms with van der Waals surface area (Å²) in [6.45, 7) is 2.00. The monoisotopic (exact) mass is 444 g/mol. The molecule has 0 heterocycles. The number of hydrogen-bond donors (Lipinski definition) is 2. The lowest BCUT2D eigenvalue weighted by Crippen LogP contribution is -2.31. The molecule has 0 aliphatic rings. The van der Waals surface area contributed by atoms with Gasteiger partial charge in [-0.2, -0.15) is 0 Å². The number of carbonyl (C=O) groups excluding carboxylic acids is 3. The van der Waals surface area contributed by atoms with Crippen LogP contribution in [0.1, 0.15) is 33.2 Å². The molecule has 0 aliphatic heterocycles. The summed E-state index contributed by atoms with van der Waals surface area (Å²) in [4.78, 5) is 37.8. The van der Waals surface area contributed by atoms with Crippen LogP contribution in [-0.4, -0.2) is 31.5 Å². The molecule has 2 N–H and O–H groups in total. The number of carbonyl (C=O) groups is 3. The normalized spacial score (nSPS) is 10.8. The molecule has 168 valence electrons. The minimum Gasteiger partial charge on any atom is -0.496 e. The van der Waals surface area contributed by atoms with E-state index < -0.39 is 17.8 Å². The summed E-state index contributed by atoms with van der Waals surface area (Å²) in [6.07, 6.45) is 1.58. The van der Waals surface area contributed by atoms with Crippen molar-refractivity contribution >= 4 is 29.5 Å². The Morgan fingerprint density at radius 3 is 2.21 bits per heavy atom. The molecule has 0 radical (unpaired) electrons. The number of ether oxygens (including phenoxy) is 2. The number of benzene rings is 3. The van der Waals surface area contributed by atoms with Crippen LogP contribution in [0.5, 0.6) is 5.75 Å². The molecule has 0 bridgehead atoms. The summed E-state index contributed by atoms with van der Waals surface area (Å²) in [5, 5.41) is 5.42. The first-order valence-electron chi connectivity index (χ1n) is 10.3. The smallest absolute Gasteiger partial charge is 0.338 e.